The van der Waals surface area contributed by atoms with E-state index < -0.39 is 10.0 Å². The maximum absolute atomic E-state index is 13.3. The van der Waals surface area contributed by atoms with Crippen molar-refractivity contribution in [1.82, 2.24) is 4.31 Å². The van der Waals surface area contributed by atoms with Crippen LogP contribution in [-0.2, 0) is 24.3 Å². The third-order valence-corrected chi connectivity index (χ3v) is 8.29. The number of hydrogen-bond acceptors (Lipinski definition) is 5. The van der Waals surface area contributed by atoms with E-state index in [2.05, 4.69) is 0 Å². The van der Waals surface area contributed by atoms with E-state index in [4.69, 9.17) is 9.47 Å². The van der Waals surface area contributed by atoms with Gasteiger partial charge in [-0.25, -0.2) is 8.42 Å². The van der Waals surface area contributed by atoms with Crippen LogP contribution in [0.3, 0.4) is 0 Å². The number of benzene rings is 1. The Labute approximate surface area is 168 Å². The molecule has 7 heteroatoms. The summed E-state index contributed by atoms with van der Waals surface area (Å²) < 4.78 is 39.0. The van der Waals surface area contributed by atoms with Gasteiger partial charge in [0.2, 0.25) is 10.0 Å². The summed E-state index contributed by atoms with van der Waals surface area (Å²) in [4.78, 5) is 12.8. The van der Waals surface area contributed by atoms with Gasteiger partial charge in [0.1, 0.15) is 6.61 Å². The Morgan fingerprint density at radius 3 is 2.25 bits per heavy atom. The summed E-state index contributed by atoms with van der Waals surface area (Å²) in [6, 6.07) is 2.03. The van der Waals surface area contributed by atoms with E-state index in [9.17, 15) is 13.2 Å². The predicted molar refractivity (Wildman–Crippen MR) is 107 cm³/mol. The standard InChI is InChI=1S/C21H31NO5S/c1-14-12-15(2)17(4)20(16(14)3)28(24,25)22-9-7-18(8-10-22)21(23)27-13-19-6-5-11-26-19/h12,18-19H,5-11,13H2,1-4H3/t19-/m0/s1. The number of nitrogens with zero attached hydrogens (tertiary/aromatic N) is 1. The van der Waals surface area contributed by atoms with Crippen LogP contribution in [0.4, 0.5) is 0 Å². The summed E-state index contributed by atoms with van der Waals surface area (Å²) in [5.41, 5.74) is 3.57. The quantitative estimate of drug-likeness (QED) is 0.699. The van der Waals surface area contributed by atoms with Crippen LogP contribution < -0.4 is 0 Å². The fourth-order valence-electron chi connectivity index (χ4n) is 4.10. The molecule has 0 spiro atoms. The van der Waals surface area contributed by atoms with Crippen LogP contribution in [-0.4, -0.2) is 51.1 Å². The maximum atomic E-state index is 13.3. The molecule has 3 rings (SSSR count). The maximum Gasteiger partial charge on any atom is 0.309 e. The summed E-state index contributed by atoms with van der Waals surface area (Å²) >= 11 is 0. The van der Waals surface area contributed by atoms with E-state index >= 15 is 0 Å². The minimum absolute atomic E-state index is 0.0138. The largest absolute Gasteiger partial charge is 0.463 e. The molecule has 2 saturated heterocycles. The molecule has 2 aliphatic heterocycles. The lowest BCUT2D eigenvalue weighted by molar-refractivity contribution is -0.153. The van der Waals surface area contributed by atoms with Gasteiger partial charge in [0.15, 0.2) is 0 Å². The fourth-order valence-corrected chi connectivity index (χ4v) is 6.14. The molecule has 0 saturated carbocycles. The van der Waals surface area contributed by atoms with Crippen LogP contribution in [0.1, 0.15) is 47.9 Å². The first-order chi connectivity index (χ1) is 13.2. The lowest BCUT2D eigenvalue weighted by atomic mass is 9.98. The highest BCUT2D eigenvalue weighted by Gasteiger charge is 2.35. The molecule has 2 heterocycles. The Hall–Kier alpha value is -1.44. The Bertz CT molecular complexity index is 809. The van der Waals surface area contributed by atoms with Crippen LogP contribution >= 0.6 is 0 Å². The first-order valence-corrected chi connectivity index (χ1v) is 11.5. The van der Waals surface area contributed by atoms with Crippen molar-refractivity contribution >= 4 is 16.0 Å². The first kappa shape index (κ1) is 21.3. The first-order valence-electron chi connectivity index (χ1n) is 10.1. The highest BCUT2D eigenvalue weighted by Crippen LogP contribution is 2.31. The molecule has 2 fully saturated rings. The van der Waals surface area contributed by atoms with Gasteiger partial charge < -0.3 is 9.47 Å². The van der Waals surface area contributed by atoms with Gasteiger partial charge >= 0.3 is 5.97 Å². The Morgan fingerprint density at radius 2 is 1.71 bits per heavy atom. The second-order valence-corrected chi connectivity index (χ2v) is 9.91. The van der Waals surface area contributed by atoms with Gasteiger partial charge in [0.25, 0.3) is 0 Å². The van der Waals surface area contributed by atoms with E-state index in [0.29, 0.717) is 37.4 Å². The van der Waals surface area contributed by atoms with Crippen molar-refractivity contribution in [3.8, 4) is 0 Å². The SMILES string of the molecule is Cc1cc(C)c(C)c(S(=O)(=O)N2CCC(C(=O)OC[C@@H]3CCCO3)CC2)c1C. The van der Waals surface area contributed by atoms with E-state index in [0.717, 1.165) is 41.7 Å². The minimum Gasteiger partial charge on any atom is -0.463 e. The van der Waals surface area contributed by atoms with Crippen LogP contribution in [0.5, 0.6) is 0 Å². The highest BCUT2D eigenvalue weighted by molar-refractivity contribution is 7.89. The number of ether oxygens (including phenoxy) is 2. The number of carbonyl (C=O) groups is 1. The molecule has 0 unspecified atom stereocenters. The average molecular weight is 410 g/mol. The number of hydrogen-bond donors (Lipinski definition) is 0. The summed E-state index contributed by atoms with van der Waals surface area (Å²) in [5, 5.41) is 0. The molecule has 0 radical (unpaired) electrons. The second kappa shape index (κ2) is 8.51. The van der Waals surface area contributed by atoms with E-state index in [-0.39, 0.29) is 18.0 Å². The Morgan fingerprint density at radius 1 is 1.11 bits per heavy atom. The van der Waals surface area contributed by atoms with Crippen molar-refractivity contribution < 1.29 is 22.7 Å². The monoisotopic (exact) mass is 409 g/mol. The van der Waals surface area contributed by atoms with Crippen molar-refractivity contribution in [3.63, 3.8) is 0 Å². The molecule has 1 atom stereocenters. The average Bonchev–Trinajstić information content (AvgIpc) is 3.18. The lowest BCUT2D eigenvalue weighted by Gasteiger charge is -2.31. The van der Waals surface area contributed by atoms with Crippen LogP contribution in [0.15, 0.2) is 11.0 Å². The van der Waals surface area contributed by atoms with Gasteiger partial charge in [-0.1, -0.05) is 6.07 Å². The molecule has 2 aliphatic rings. The van der Waals surface area contributed by atoms with Gasteiger partial charge in [-0.2, -0.15) is 4.31 Å². The van der Waals surface area contributed by atoms with Crippen LogP contribution in [0.25, 0.3) is 0 Å². The zero-order valence-corrected chi connectivity index (χ0v) is 18.1. The van der Waals surface area contributed by atoms with Crippen molar-refractivity contribution in [2.45, 2.75) is 64.4 Å². The molecule has 0 N–H and O–H groups in total. The fraction of sp³-hybridized carbons (Fsp3) is 0.667. The smallest absolute Gasteiger partial charge is 0.309 e. The van der Waals surface area contributed by atoms with Crippen molar-refractivity contribution in [2.75, 3.05) is 26.3 Å². The van der Waals surface area contributed by atoms with Crippen molar-refractivity contribution in [3.05, 3.63) is 28.3 Å². The topological polar surface area (TPSA) is 72.9 Å². The minimum atomic E-state index is -3.58. The van der Waals surface area contributed by atoms with Gasteiger partial charge in [-0.3, -0.25) is 4.79 Å². The highest BCUT2D eigenvalue weighted by atomic mass is 32.2. The molecular formula is C21H31NO5S. The zero-order valence-electron chi connectivity index (χ0n) is 17.3. The molecule has 0 bridgehead atoms. The zero-order chi connectivity index (χ0) is 20.5. The van der Waals surface area contributed by atoms with E-state index in [1.807, 2.05) is 33.8 Å². The van der Waals surface area contributed by atoms with Gasteiger partial charge in [-0.05, 0) is 75.6 Å². The summed E-state index contributed by atoms with van der Waals surface area (Å²) in [5.74, 6) is -0.472. The third kappa shape index (κ3) is 4.26. The Balaban J connectivity index is 1.65. The van der Waals surface area contributed by atoms with Crippen molar-refractivity contribution in [1.29, 1.82) is 0 Å². The summed E-state index contributed by atoms with van der Waals surface area (Å²) in [7, 11) is -3.58. The molecular weight excluding hydrogens is 378 g/mol. The van der Waals surface area contributed by atoms with E-state index in [1.54, 1.807) is 0 Å². The predicted octanol–water partition coefficient (Wildman–Crippen LogP) is 3.04. The molecule has 0 aromatic heterocycles. The molecule has 28 heavy (non-hydrogen) atoms. The van der Waals surface area contributed by atoms with Crippen LogP contribution in [0, 0.1) is 33.6 Å². The number of aryl methyl sites for hydroxylation is 2. The Kier molecular flexibility index (Phi) is 6.47. The van der Waals surface area contributed by atoms with Gasteiger partial charge in [0.05, 0.1) is 16.9 Å². The van der Waals surface area contributed by atoms with Crippen molar-refractivity contribution in [2.24, 2.45) is 5.92 Å². The summed E-state index contributed by atoms with van der Waals surface area (Å²) in [6.07, 6.45) is 2.94. The summed E-state index contributed by atoms with van der Waals surface area (Å²) in [6.45, 7) is 9.33. The molecule has 0 amide bonds. The van der Waals surface area contributed by atoms with Gasteiger partial charge in [-0.15, -0.1) is 0 Å². The lowest BCUT2D eigenvalue weighted by Crippen LogP contribution is -2.41. The third-order valence-electron chi connectivity index (χ3n) is 6.12. The number of piperidine rings is 1. The normalized spacial score (nSPS) is 21.8. The van der Waals surface area contributed by atoms with Crippen LogP contribution in [0.2, 0.25) is 0 Å². The molecule has 0 aliphatic carbocycles. The number of carbonyl (C=O) groups excluding carboxylic acids is 1. The second-order valence-electron chi connectivity index (χ2n) is 8.03. The number of rotatable bonds is 5. The molecule has 156 valence electrons. The molecule has 6 nitrogen and oxygen atoms in total. The molecule has 1 aromatic rings. The van der Waals surface area contributed by atoms with Gasteiger partial charge in [0, 0.05) is 19.7 Å². The number of esters is 1. The number of sulfonamides is 1. The van der Waals surface area contributed by atoms with E-state index in [1.165, 1.54) is 4.31 Å². The molecule has 1 aromatic carbocycles.